The Morgan fingerprint density at radius 2 is 1.70 bits per heavy atom. The summed E-state index contributed by atoms with van der Waals surface area (Å²) in [4.78, 5) is 72.5. The van der Waals surface area contributed by atoms with E-state index in [1.807, 2.05) is 0 Å². The molecule has 0 radical (unpaired) electrons. The molecule has 1 aliphatic rings. The van der Waals surface area contributed by atoms with Crippen LogP contribution in [-0.2, 0) is 28.8 Å². The van der Waals surface area contributed by atoms with Gasteiger partial charge in [-0.2, -0.15) is 0 Å². The first-order chi connectivity index (χ1) is 15.4. The molecular weight excluding hydrogens is 440 g/mol. The molecule has 13 nitrogen and oxygen atoms in total. The highest BCUT2D eigenvalue weighted by Crippen LogP contribution is 2.20. The molecule has 186 valence electrons. The van der Waals surface area contributed by atoms with Crippen LogP contribution in [0.25, 0.3) is 0 Å². The second-order valence-electron chi connectivity index (χ2n) is 8.10. The van der Waals surface area contributed by atoms with E-state index in [4.69, 9.17) is 15.9 Å². The molecule has 7 N–H and O–H groups in total. The van der Waals surface area contributed by atoms with Gasteiger partial charge < -0.3 is 36.6 Å². The summed E-state index contributed by atoms with van der Waals surface area (Å²) in [6.07, 6.45) is 0.0556. The van der Waals surface area contributed by atoms with Gasteiger partial charge in [-0.25, -0.2) is 4.79 Å². The third-order valence-electron chi connectivity index (χ3n) is 5.61. The molecule has 5 unspecified atom stereocenters. The summed E-state index contributed by atoms with van der Waals surface area (Å²) in [5.41, 5.74) is 5.80. The van der Waals surface area contributed by atoms with E-state index in [1.165, 1.54) is 4.90 Å². The predicted octanol–water partition coefficient (Wildman–Crippen LogP) is -1.26. The molecule has 1 heterocycles. The quantitative estimate of drug-likeness (QED) is 0.187. The van der Waals surface area contributed by atoms with E-state index in [-0.39, 0.29) is 19.4 Å². The zero-order valence-corrected chi connectivity index (χ0v) is 18.7. The smallest absolute Gasteiger partial charge is 0.326 e. The van der Waals surface area contributed by atoms with Crippen LogP contribution in [0.4, 0.5) is 0 Å². The van der Waals surface area contributed by atoms with Gasteiger partial charge >= 0.3 is 17.9 Å². The number of amides is 3. The number of nitrogens with zero attached hydrogens (tertiary/aromatic N) is 1. The van der Waals surface area contributed by atoms with Crippen LogP contribution in [0.2, 0.25) is 0 Å². The lowest BCUT2D eigenvalue weighted by atomic mass is 9.97. The molecule has 1 rings (SSSR count). The van der Waals surface area contributed by atoms with Crippen molar-refractivity contribution in [2.45, 2.75) is 76.5 Å². The summed E-state index contributed by atoms with van der Waals surface area (Å²) >= 11 is 0. The van der Waals surface area contributed by atoms with E-state index in [0.29, 0.717) is 19.3 Å². The van der Waals surface area contributed by atoms with Crippen molar-refractivity contribution in [3.8, 4) is 0 Å². The average Bonchev–Trinajstić information content (AvgIpc) is 3.23. The van der Waals surface area contributed by atoms with Crippen LogP contribution in [-0.4, -0.2) is 86.6 Å². The number of carboxylic acid groups (broad SMARTS) is 3. The second-order valence-corrected chi connectivity index (χ2v) is 8.10. The molecule has 0 bridgehead atoms. The van der Waals surface area contributed by atoms with Crippen LogP contribution in [0, 0.1) is 5.92 Å². The molecule has 5 atom stereocenters. The van der Waals surface area contributed by atoms with Crippen molar-refractivity contribution < 1.29 is 44.1 Å². The number of likely N-dealkylation sites (tertiary alicyclic amines) is 1. The Bertz CT molecular complexity index is 773. The molecule has 1 aliphatic heterocycles. The van der Waals surface area contributed by atoms with Gasteiger partial charge in [0.2, 0.25) is 17.7 Å². The van der Waals surface area contributed by atoms with Gasteiger partial charge in [-0.05, 0) is 25.2 Å². The molecule has 13 heteroatoms. The number of nitrogens with one attached hydrogen (secondary N) is 2. The van der Waals surface area contributed by atoms with Gasteiger partial charge in [0, 0.05) is 13.0 Å². The largest absolute Gasteiger partial charge is 0.481 e. The molecule has 0 aromatic carbocycles. The zero-order valence-electron chi connectivity index (χ0n) is 18.7. The SMILES string of the molecule is CCC(C)C(NC(=O)C1CCCN1C(=O)C(N)CCC(=O)O)C(=O)NC(CC(=O)O)C(=O)O. The molecular formula is C20H32N4O9. The average molecular weight is 472 g/mol. The van der Waals surface area contributed by atoms with Gasteiger partial charge in [-0.15, -0.1) is 0 Å². The van der Waals surface area contributed by atoms with Crippen LogP contribution in [0.15, 0.2) is 0 Å². The highest BCUT2D eigenvalue weighted by atomic mass is 16.4. The van der Waals surface area contributed by atoms with Gasteiger partial charge in [-0.1, -0.05) is 20.3 Å². The number of carbonyl (C=O) groups excluding carboxylic acids is 3. The van der Waals surface area contributed by atoms with Gasteiger partial charge in [0.25, 0.3) is 0 Å². The lowest BCUT2D eigenvalue weighted by Gasteiger charge is -2.30. The molecule has 0 spiro atoms. The summed E-state index contributed by atoms with van der Waals surface area (Å²) < 4.78 is 0. The third kappa shape index (κ3) is 8.33. The minimum Gasteiger partial charge on any atom is -0.481 e. The van der Waals surface area contributed by atoms with Crippen LogP contribution in [0.1, 0.15) is 52.4 Å². The zero-order chi connectivity index (χ0) is 25.3. The first-order valence-electron chi connectivity index (χ1n) is 10.7. The van der Waals surface area contributed by atoms with Crippen molar-refractivity contribution in [2.75, 3.05) is 6.54 Å². The Morgan fingerprint density at radius 1 is 1.06 bits per heavy atom. The van der Waals surface area contributed by atoms with Gasteiger partial charge in [0.15, 0.2) is 0 Å². The summed E-state index contributed by atoms with van der Waals surface area (Å²) in [5.74, 6) is -6.49. The van der Waals surface area contributed by atoms with Crippen molar-refractivity contribution in [2.24, 2.45) is 11.7 Å². The monoisotopic (exact) mass is 472 g/mol. The Morgan fingerprint density at radius 3 is 2.21 bits per heavy atom. The summed E-state index contributed by atoms with van der Waals surface area (Å²) in [7, 11) is 0. The normalized spacial score (nSPS) is 19.1. The molecule has 1 saturated heterocycles. The number of carbonyl (C=O) groups is 6. The number of aliphatic carboxylic acids is 3. The standard InChI is InChI=1S/C20H32N4O9/c1-3-10(2)16(18(30)22-12(20(32)33)9-15(27)28)23-17(29)13-5-4-8-24(13)19(31)11(21)6-7-14(25)26/h10-13,16H,3-9,21H2,1-2H3,(H,22,30)(H,23,29)(H,25,26)(H,27,28)(H,32,33). The van der Waals surface area contributed by atoms with E-state index in [0.717, 1.165) is 0 Å². The van der Waals surface area contributed by atoms with Crippen molar-refractivity contribution in [1.29, 1.82) is 0 Å². The molecule has 33 heavy (non-hydrogen) atoms. The Hall–Kier alpha value is -3.22. The number of rotatable bonds is 13. The first-order valence-corrected chi connectivity index (χ1v) is 10.7. The molecule has 0 aromatic rings. The minimum absolute atomic E-state index is 0.0863. The lowest BCUT2D eigenvalue weighted by molar-refractivity contribution is -0.147. The number of hydrogen-bond donors (Lipinski definition) is 6. The number of hydrogen-bond acceptors (Lipinski definition) is 7. The first kappa shape index (κ1) is 27.8. The van der Waals surface area contributed by atoms with E-state index in [9.17, 15) is 33.9 Å². The van der Waals surface area contributed by atoms with Crippen molar-refractivity contribution in [3.05, 3.63) is 0 Å². The van der Waals surface area contributed by atoms with E-state index in [1.54, 1.807) is 13.8 Å². The van der Waals surface area contributed by atoms with Crippen LogP contribution < -0.4 is 16.4 Å². The molecule has 1 fully saturated rings. The number of nitrogens with two attached hydrogens (primary N) is 1. The topological polar surface area (TPSA) is 216 Å². The molecule has 0 aromatic heterocycles. The van der Waals surface area contributed by atoms with Crippen molar-refractivity contribution in [1.82, 2.24) is 15.5 Å². The number of carboxylic acids is 3. The lowest BCUT2D eigenvalue weighted by Crippen LogP contribution is -2.58. The van der Waals surface area contributed by atoms with Gasteiger partial charge in [-0.3, -0.25) is 24.0 Å². The van der Waals surface area contributed by atoms with Gasteiger partial charge in [0.05, 0.1) is 12.5 Å². The van der Waals surface area contributed by atoms with E-state index in [2.05, 4.69) is 10.6 Å². The summed E-state index contributed by atoms with van der Waals surface area (Å²) in [6, 6.07) is -4.83. The fourth-order valence-electron chi connectivity index (χ4n) is 3.51. The van der Waals surface area contributed by atoms with E-state index < -0.39 is 72.1 Å². The van der Waals surface area contributed by atoms with Crippen molar-refractivity contribution >= 4 is 35.6 Å². The van der Waals surface area contributed by atoms with Crippen LogP contribution in [0.3, 0.4) is 0 Å². The molecule has 0 aliphatic carbocycles. The van der Waals surface area contributed by atoms with Gasteiger partial charge in [0.1, 0.15) is 18.1 Å². The summed E-state index contributed by atoms with van der Waals surface area (Å²) in [5, 5.41) is 31.5. The van der Waals surface area contributed by atoms with E-state index >= 15 is 0 Å². The third-order valence-corrected chi connectivity index (χ3v) is 5.61. The van der Waals surface area contributed by atoms with Crippen LogP contribution >= 0.6 is 0 Å². The highest BCUT2D eigenvalue weighted by molar-refractivity contribution is 5.95. The molecule has 3 amide bonds. The maximum atomic E-state index is 13.0. The Balaban J connectivity index is 2.93. The minimum atomic E-state index is -1.67. The highest BCUT2D eigenvalue weighted by Gasteiger charge is 2.39. The summed E-state index contributed by atoms with van der Waals surface area (Å²) in [6.45, 7) is 3.67. The maximum Gasteiger partial charge on any atom is 0.326 e. The molecule has 0 saturated carbocycles. The Kier molecular flexibility index (Phi) is 10.7. The fourth-order valence-corrected chi connectivity index (χ4v) is 3.51. The second kappa shape index (κ2) is 12.7. The Labute approximate surface area is 190 Å². The van der Waals surface area contributed by atoms with Crippen LogP contribution in [0.5, 0.6) is 0 Å². The predicted molar refractivity (Wildman–Crippen MR) is 113 cm³/mol. The maximum absolute atomic E-state index is 13.0. The van der Waals surface area contributed by atoms with Crippen molar-refractivity contribution in [3.63, 3.8) is 0 Å². The fraction of sp³-hybridized carbons (Fsp3) is 0.700.